The second kappa shape index (κ2) is 10.4. The Balaban J connectivity index is 1.86. The first-order valence-electron chi connectivity index (χ1n) is 10.2. The maximum atomic E-state index is 6.25. The minimum atomic E-state index is -1.15. The quantitative estimate of drug-likeness (QED) is 0.198. The molecule has 0 fully saturated rings. The fourth-order valence-corrected chi connectivity index (χ4v) is 4.51. The fourth-order valence-electron chi connectivity index (χ4n) is 3.13. The molecule has 2 aromatic heterocycles. The predicted molar refractivity (Wildman–Crippen MR) is 134 cm³/mol. The molecule has 0 unspecified atom stereocenters. The molecule has 0 bridgehead atoms. The van der Waals surface area contributed by atoms with Crippen molar-refractivity contribution in [3.8, 4) is 11.5 Å². The van der Waals surface area contributed by atoms with Gasteiger partial charge in [0, 0.05) is 39.9 Å². The van der Waals surface area contributed by atoms with Crippen LogP contribution in [0.5, 0.6) is 11.5 Å². The number of methoxy groups -OCH3 is 2. The molecule has 0 saturated carbocycles. The highest BCUT2D eigenvalue weighted by atomic mass is 79.9. The first-order valence-corrected chi connectivity index (χ1v) is 15.1. The van der Waals surface area contributed by atoms with Crippen molar-refractivity contribution >= 4 is 52.5 Å². The van der Waals surface area contributed by atoms with Crippen LogP contribution in [0.1, 0.15) is 5.56 Å². The zero-order valence-corrected chi connectivity index (χ0v) is 22.6. The smallest absolute Gasteiger partial charge is 0.225 e. The third-order valence-electron chi connectivity index (χ3n) is 4.95. The Hall–Kier alpha value is -1.88. The van der Waals surface area contributed by atoms with Crippen LogP contribution >= 0.6 is 27.5 Å². The minimum absolute atomic E-state index is 0.154. The van der Waals surface area contributed by atoms with Gasteiger partial charge in [-0.1, -0.05) is 19.6 Å². The average Bonchev–Trinajstić information content (AvgIpc) is 3.05. The number of nitrogens with zero attached hydrogens (tertiary/aromatic N) is 5. The summed E-state index contributed by atoms with van der Waals surface area (Å²) in [5.41, 5.74) is 2.26. The number of anilines is 1. The molecule has 0 saturated heterocycles. The summed E-state index contributed by atoms with van der Waals surface area (Å²) in [6.45, 7) is 8.54. The Morgan fingerprint density at radius 2 is 1.88 bits per heavy atom. The first-order chi connectivity index (χ1) is 15.1. The van der Waals surface area contributed by atoms with Crippen molar-refractivity contribution in [3.63, 3.8) is 0 Å². The number of aromatic nitrogens is 4. The van der Waals surface area contributed by atoms with Crippen molar-refractivity contribution in [2.45, 2.75) is 39.0 Å². The Labute approximate surface area is 203 Å². The monoisotopic (exact) mass is 541 g/mol. The van der Waals surface area contributed by atoms with Gasteiger partial charge in [0.1, 0.15) is 28.3 Å². The lowest BCUT2D eigenvalue weighted by atomic mass is 10.1. The van der Waals surface area contributed by atoms with Crippen LogP contribution in [0, 0.1) is 0 Å². The van der Waals surface area contributed by atoms with Gasteiger partial charge in [-0.25, -0.2) is 9.67 Å². The molecule has 0 aliphatic rings. The second-order valence-corrected chi connectivity index (χ2v) is 15.4. The third kappa shape index (κ3) is 5.92. The van der Waals surface area contributed by atoms with Crippen LogP contribution in [0.3, 0.4) is 0 Å². The van der Waals surface area contributed by atoms with Gasteiger partial charge in [0.15, 0.2) is 11.3 Å². The van der Waals surface area contributed by atoms with Gasteiger partial charge in [-0.05, 0) is 45.7 Å². The van der Waals surface area contributed by atoms with E-state index >= 15 is 0 Å². The third-order valence-corrected chi connectivity index (χ3v) is 7.61. The molecule has 174 valence electrons. The Morgan fingerprint density at radius 3 is 2.53 bits per heavy atom. The summed E-state index contributed by atoms with van der Waals surface area (Å²) < 4.78 is 19.1. The molecule has 0 atom stereocenters. The van der Waals surface area contributed by atoms with E-state index in [0.29, 0.717) is 41.3 Å². The molecule has 1 aromatic carbocycles. The number of rotatable bonds is 10. The van der Waals surface area contributed by atoms with Gasteiger partial charge in [0.2, 0.25) is 5.28 Å². The summed E-state index contributed by atoms with van der Waals surface area (Å²) in [5, 5.41) is 4.85. The van der Waals surface area contributed by atoms with E-state index in [1.54, 1.807) is 18.9 Å². The zero-order chi connectivity index (χ0) is 23.5. The molecule has 2 heterocycles. The van der Waals surface area contributed by atoms with Crippen LogP contribution in [0.2, 0.25) is 31.0 Å². The largest absolute Gasteiger partial charge is 0.497 e. The molecule has 0 radical (unpaired) electrons. The van der Waals surface area contributed by atoms with Crippen molar-refractivity contribution in [2.75, 3.05) is 32.8 Å². The minimum Gasteiger partial charge on any atom is -0.497 e. The van der Waals surface area contributed by atoms with Gasteiger partial charge in [-0.2, -0.15) is 10.1 Å². The van der Waals surface area contributed by atoms with E-state index in [9.17, 15) is 0 Å². The van der Waals surface area contributed by atoms with E-state index in [0.717, 1.165) is 23.1 Å². The van der Waals surface area contributed by atoms with Crippen molar-refractivity contribution in [1.29, 1.82) is 0 Å². The van der Waals surface area contributed by atoms with Gasteiger partial charge >= 0.3 is 0 Å². The molecule has 0 amide bonds. The van der Waals surface area contributed by atoms with Crippen LogP contribution in [0.4, 0.5) is 5.82 Å². The van der Waals surface area contributed by atoms with E-state index in [1.807, 2.05) is 30.1 Å². The number of ether oxygens (including phenoxy) is 3. The highest BCUT2D eigenvalue weighted by molar-refractivity contribution is 9.10. The van der Waals surface area contributed by atoms with Crippen LogP contribution in [-0.2, 0) is 18.0 Å². The van der Waals surface area contributed by atoms with E-state index in [2.05, 4.69) is 45.5 Å². The molecule has 0 N–H and O–H groups in total. The highest BCUT2D eigenvalue weighted by Gasteiger charge is 2.20. The molecule has 8 nitrogen and oxygen atoms in total. The van der Waals surface area contributed by atoms with Crippen LogP contribution < -0.4 is 14.4 Å². The first kappa shape index (κ1) is 24.8. The van der Waals surface area contributed by atoms with Crippen molar-refractivity contribution < 1.29 is 14.2 Å². The fraction of sp³-hybridized carbons (Fsp3) is 0.476. The molecule has 0 aliphatic heterocycles. The lowest BCUT2D eigenvalue weighted by Gasteiger charge is -2.20. The molecule has 3 rings (SSSR count). The number of hydrogen-bond donors (Lipinski definition) is 0. The van der Waals surface area contributed by atoms with Gasteiger partial charge < -0.3 is 19.1 Å². The number of hydrogen-bond acceptors (Lipinski definition) is 7. The summed E-state index contributed by atoms with van der Waals surface area (Å²) >= 11 is 9.85. The topological polar surface area (TPSA) is 74.5 Å². The predicted octanol–water partition coefficient (Wildman–Crippen LogP) is 5.21. The van der Waals surface area contributed by atoms with Crippen molar-refractivity contribution in [2.24, 2.45) is 0 Å². The maximum absolute atomic E-state index is 6.25. The summed E-state index contributed by atoms with van der Waals surface area (Å²) in [5.74, 6) is 2.09. The molecule has 0 aliphatic carbocycles. The standard InChI is InChI=1S/C21H29BrClN5O3Si/c1-27(12-14-7-8-15(29-2)11-16(14)30-3)20-18-17(24-21(23)25-20)19(22)28(26-18)13-31-9-10-32(4,5)6/h7-8,11H,9-10,12-13H2,1-6H3. The van der Waals surface area contributed by atoms with Crippen molar-refractivity contribution in [3.05, 3.63) is 33.6 Å². The lowest BCUT2D eigenvalue weighted by molar-refractivity contribution is 0.0775. The molecule has 0 spiro atoms. The SMILES string of the molecule is COc1ccc(CN(C)c2nc(Cl)nc3c(Br)n(COCC[Si](C)(C)C)nc23)c(OC)c1. The van der Waals surface area contributed by atoms with E-state index in [4.69, 9.17) is 30.9 Å². The normalized spacial score (nSPS) is 11.8. The molecule has 11 heteroatoms. The van der Waals surface area contributed by atoms with Gasteiger partial charge in [0.25, 0.3) is 0 Å². The summed E-state index contributed by atoms with van der Waals surface area (Å²) in [4.78, 5) is 10.8. The molecule has 3 aromatic rings. The maximum Gasteiger partial charge on any atom is 0.225 e. The van der Waals surface area contributed by atoms with Crippen molar-refractivity contribution in [1.82, 2.24) is 19.7 Å². The van der Waals surface area contributed by atoms with E-state index < -0.39 is 8.07 Å². The van der Waals surface area contributed by atoms with Crippen LogP contribution in [-0.4, -0.2) is 55.7 Å². The van der Waals surface area contributed by atoms with E-state index in [-0.39, 0.29) is 5.28 Å². The van der Waals surface area contributed by atoms with Gasteiger partial charge in [-0.15, -0.1) is 0 Å². The van der Waals surface area contributed by atoms with E-state index in [1.165, 1.54) is 0 Å². The number of halogens is 2. The number of benzene rings is 1. The highest BCUT2D eigenvalue weighted by Crippen LogP contribution is 2.32. The molecule has 32 heavy (non-hydrogen) atoms. The second-order valence-electron chi connectivity index (χ2n) is 8.69. The Morgan fingerprint density at radius 1 is 1.12 bits per heavy atom. The van der Waals surface area contributed by atoms with Crippen LogP contribution in [0.25, 0.3) is 11.0 Å². The Kier molecular flexibility index (Phi) is 8.02. The van der Waals surface area contributed by atoms with Crippen LogP contribution in [0.15, 0.2) is 22.8 Å². The zero-order valence-electron chi connectivity index (χ0n) is 19.3. The molecular formula is C21H29BrClN5O3Si. The molecular weight excluding hydrogens is 514 g/mol. The van der Waals surface area contributed by atoms with Gasteiger partial charge in [0.05, 0.1) is 14.2 Å². The number of fused-ring (bicyclic) bond motifs is 1. The summed E-state index contributed by atoms with van der Waals surface area (Å²) in [6.07, 6.45) is 0. The average molecular weight is 543 g/mol. The van der Waals surface area contributed by atoms with Gasteiger partial charge in [-0.3, -0.25) is 0 Å². The lowest BCUT2D eigenvalue weighted by Crippen LogP contribution is -2.22. The Bertz CT molecular complexity index is 1090. The summed E-state index contributed by atoms with van der Waals surface area (Å²) in [7, 11) is 4.04. The summed E-state index contributed by atoms with van der Waals surface area (Å²) in [6, 6.07) is 6.82.